The fourth-order valence-electron chi connectivity index (χ4n) is 10.1. The lowest BCUT2D eigenvalue weighted by Crippen LogP contribution is -2.33. The van der Waals surface area contributed by atoms with Gasteiger partial charge >= 0.3 is 0 Å². The fraction of sp³-hybridized carbons (Fsp3) is 0.635. The van der Waals surface area contributed by atoms with E-state index in [1.54, 1.807) is 0 Å². The molecule has 0 atom stereocenters. The van der Waals surface area contributed by atoms with Crippen LogP contribution in [0.3, 0.4) is 0 Å². The molecule has 5 amide bonds. The molecule has 5 N–H and O–H groups in total. The highest BCUT2D eigenvalue weighted by atomic mass is 31.2. The Labute approximate surface area is 470 Å². The summed E-state index contributed by atoms with van der Waals surface area (Å²) in [5.41, 5.74) is 0. The molecule has 0 fully saturated rings. The molecule has 3 aromatic carbocycles. The van der Waals surface area contributed by atoms with E-state index in [1.807, 2.05) is 0 Å². The predicted molar refractivity (Wildman–Crippen MR) is 318 cm³/mol. The lowest BCUT2D eigenvalue weighted by atomic mass is 10.1. The van der Waals surface area contributed by atoms with Crippen LogP contribution < -0.4 is 26.5 Å². The maximum absolute atomic E-state index is 12.6. The van der Waals surface area contributed by atoms with Crippen LogP contribution in [0.2, 0.25) is 0 Å². The van der Waals surface area contributed by atoms with Crippen molar-refractivity contribution in [3.63, 3.8) is 0 Å². The zero-order chi connectivity index (χ0) is 56.3. The lowest BCUT2D eigenvalue weighted by molar-refractivity contribution is -0.166. The van der Waals surface area contributed by atoms with E-state index in [0.29, 0.717) is 68.2 Å². The molecule has 0 spiro atoms. The van der Waals surface area contributed by atoms with Gasteiger partial charge in [-0.15, -0.1) is 0 Å². The highest BCUT2D eigenvalue weighted by Crippen LogP contribution is 2.56. The smallest absolute Gasteiger partial charge is 0.246 e. The second-order valence-corrected chi connectivity index (χ2v) is 24.9. The van der Waals surface area contributed by atoms with Gasteiger partial charge in [0.25, 0.3) is 0 Å². The van der Waals surface area contributed by atoms with Crippen LogP contribution in [0.25, 0.3) is 0 Å². The summed E-state index contributed by atoms with van der Waals surface area (Å²) in [4.78, 5) is 63.0. The van der Waals surface area contributed by atoms with Crippen molar-refractivity contribution < 1.29 is 39.6 Å². The SMILES string of the molecule is CCCCCCCCCCN(CCCCCCCCCC[P+](c1ccccc1)(c1ccccc1)c1ccccc1)CCCCCN(O)C(=O)CCC(=O)NCCCCCN(O)C(=O)CCC(=O)NCCCCCN(O)C(C)=O. The number of carbonyl (C=O) groups excluding carboxylic acids is 5. The Balaban J connectivity index is 1.25. The number of amides is 5. The molecule has 436 valence electrons. The van der Waals surface area contributed by atoms with E-state index in [-0.39, 0.29) is 57.1 Å². The van der Waals surface area contributed by atoms with Crippen molar-refractivity contribution in [3.8, 4) is 0 Å². The Morgan fingerprint density at radius 2 is 0.692 bits per heavy atom. The number of nitrogens with one attached hydrogen (secondary N) is 2. The molecule has 0 saturated carbocycles. The van der Waals surface area contributed by atoms with Crippen molar-refractivity contribution in [2.75, 3.05) is 58.5 Å². The molecule has 15 heteroatoms. The number of carbonyl (C=O) groups is 5. The summed E-state index contributed by atoms with van der Waals surface area (Å²) < 4.78 is 0. The molecule has 14 nitrogen and oxygen atoms in total. The minimum atomic E-state index is -1.76. The van der Waals surface area contributed by atoms with Gasteiger partial charge in [-0.2, -0.15) is 0 Å². The van der Waals surface area contributed by atoms with Gasteiger partial charge in [0, 0.05) is 65.3 Å². The lowest BCUT2D eigenvalue weighted by Gasteiger charge is -2.27. The van der Waals surface area contributed by atoms with Gasteiger partial charge in [0.2, 0.25) is 29.5 Å². The Bertz CT molecular complexity index is 1940. The van der Waals surface area contributed by atoms with E-state index < -0.39 is 25.0 Å². The maximum Gasteiger partial charge on any atom is 0.246 e. The second kappa shape index (κ2) is 43.1. The molecule has 78 heavy (non-hydrogen) atoms. The van der Waals surface area contributed by atoms with Crippen molar-refractivity contribution in [1.82, 2.24) is 30.7 Å². The zero-order valence-electron chi connectivity index (χ0n) is 48.1. The van der Waals surface area contributed by atoms with E-state index in [0.717, 1.165) is 37.5 Å². The summed E-state index contributed by atoms with van der Waals surface area (Å²) >= 11 is 0. The van der Waals surface area contributed by atoms with Crippen LogP contribution in [0.5, 0.6) is 0 Å². The van der Waals surface area contributed by atoms with E-state index >= 15 is 0 Å². The van der Waals surface area contributed by atoms with Crippen LogP contribution in [-0.2, 0) is 24.0 Å². The fourth-order valence-corrected chi connectivity index (χ4v) is 14.5. The van der Waals surface area contributed by atoms with Crippen molar-refractivity contribution in [1.29, 1.82) is 0 Å². The standard InChI is InChI=1S/C63H101N6O8P/c1-3-4-5-6-7-10-13-30-49-66(50-31-14-11-8-9-12-15-36-55-78(57-37-22-16-23-38-57,58-39-24-17-25-40-58)59-41-26-18-27-42-59)51-32-21-35-54-69(77)63(74)46-44-61(72)65-48-29-20-34-53-68(76)62(73)45-43-60(71)64-47-28-19-33-52-67(75)56(2)70/h16-18,22-27,37-42,75-77H,3-15,19-21,28-36,43-55H2,1-2H3,(H-,64,65,71,72)/p+1. The van der Waals surface area contributed by atoms with E-state index in [4.69, 9.17) is 0 Å². The maximum atomic E-state index is 12.6. The van der Waals surface area contributed by atoms with Gasteiger partial charge in [-0.3, -0.25) is 39.6 Å². The van der Waals surface area contributed by atoms with Crippen LogP contribution in [0, 0.1) is 0 Å². The summed E-state index contributed by atoms with van der Waals surface area (Å²) in [6.07, 6.45) is 28.0. The topological polar surface area (TPSA) is 183 Å². The minimum absolute atomic E-state index is 0.0131. The molecule has 0 radical (unpaired) electrons. The number of hydrogen-bond acceptors (Lipinski definition) is 9. The Kier molecular flexibility index (Phi) is 37.4. The first-order chi connectivity index (χ1) is 38.0. The van der Waals surface area contributed by atoms with Crippen LogP contribution in [0.4, 0.5) is 0 Å². The molecule has 0 heterocycles. The minimum Gasteiger partial charge on any atom is -0.356 e. The van der Waals surface area contributed by atoms with Crippen LogP contribution in [0.1, 0.15) is 200 Å². The summed E-state index contributed by atoms with van der Waals surface area (Å²) in [6.45, 7) is 8.25. The molecule has 0 aromatic heterocycles. The van der Waals surface area contributed by atoms with Crippen molar-refractivity contribution in [2.24, 2.45) is 0 Å². The number of unbranched alkanes of at least 4 members (excludes halogenated alkanes) is 20. The number of rotatable bonds is 47. The van der Waals surface area contributed by atoms with Gasteiger partial charge in [0.15, 0.2) is 0 Å². The van der Waals surface area contributed by atoms with E-state index in [9.17, 15) is 39.6 Å². The van der Waals surface area contributed by atoms with Crippen LogP contribution >= 0.6 is 7.26 Å². The molecule has 3 aromatic rings. The number of hydroxylamine groups is 6. The monoisotopic (exact) mass is 1100 g/mol. The Hall–Kier alpha value is -4.72. The third kappa shape index (κ3) is 29.5. The quantitative estimate of drug-likeness (QED) is 0.0159. The molecule has 0 bridgehead atoms. The Morgan fingerprint density at radius 1 is 0.385 bits per heavy atom. The highest BCUT2D eigenvalue weighted by molar-refractivity contribution is 7.95. The molecule has 0 saturated heterocycles. The zero-order valence-corrected chi connectivity index (χ0v) is 49.0. The molecule has 3 rings (SSSR count). The predicted octanol–water partition coefficient (Wildman–Crippen LogP) is 11.5. The van der Waals surface area contributed by atoms with Gasteiger partial charge in [-0.05, 0) is 133 Å². The van der Waals surface area contributed by atoms with Gasteiger partial charge in [-0.25, -0.2) is 15.2 Å². The largest absolute Gasteiger partial charge is 0.356 e. The van der Waals surface area contributed by atoms with Crippen LogP contribution in [0.15, 0.2) is 91.0 Å². The number of hydrogen-bond donors (Lipinski definition) is 5. The summed E-state index contributed by atoms with van der Waals surface area (Å²) in [7, 11) is -1.76. The van der Waals surface area contributed by atoms with Gasteiger partial charge in [-0.1, -0.05) is 145 Å². The van der Waals surface area contributed by atoms with Crippen LogP contribution in [-0.4, -0.2) is 124 Å². The van der Waals surface area contributed by atoms with Crippen molar-refractivity contribution >= 4 is 52.7 Å². The number of benzene rings is 3. The first kappa shape index (κ1) is 67.6. The average molecular weight is 1100 g/mol. The van der Waals surface area contributed by atoms with Gasteiger partial charge < -0.3 is 15.5 Å². The molecule has 0 unspecified atom stereocenters. The molecule has 0 aliphatic heterocycles. The first-order valence-electron chi connectivity index (χ1n) is 30.2. The third-order valence-electron chi connectivity index (χ3n) is 14.8. The number of nitrogens with zero attached hydrogens (tertiary/aromatic N) is 4. The molecular formula is C63H102N6O8P+. The average Bonchev–Trinajstić information content (AvgIpc) is 3.55. The molecule has 0 aliphatic carbocycles. The molecular weight excluding hydrogens is 1000 g/mol. The van der Waals surface area contributed by atoms with Gasteiger partial charge in [0.1, 0.15) is 23.2 Å². The van der Waals surface area contributed by atoms with Crippen molar-refractivity contribution in [3.05, 3.63) is 91.0 Å². The summed E-state index contributed by atoms with van der Waals surface area (Å²) in [5.74, 6) is -1.97. The van der Waals surface area contributed by atoms with E-state index in [1.165, 1.54) is 132 Å². The third-order valence-corrected chi connectivity index (χ3v) is 19.3. The highest BCUT2D eigenvalue weighted by Gasteiger charge is 2.44. The Morgan fingerprint density at radius 3 is 1.06 bits per heavy atom. The summed E-state index contributed by atoms with van der Waals surface area (Å²) in [6, 6.07) is 33.7. The molecule has 0 aliphatic rings. The summed E-state index contributed by atoms with van der Waals surface area (Å²) in [5, 5.41) is 41.9. The van der Waals surface area contributed by atoms with E-state index in [2.05, 4.69) is 113 Å². The normalized spacial score (nSPS) is 11.4. The second-order valence-electron chi connectivity index (χ2n) is 21.2. The van der Waals surface area contributed by atoms with Crippen molar-refractivity contribution in [2.45, 2.75) is 200 Å². The first-order valence-corrected chi connectivity index (χ1v) is 32.2. The van der Waals surface area contributed by atoms with Gasteiger partial charge in [0.05, 0.1) is 6.16 Å².